The molecule has 0 aliphatic carbocycles. The van der Waals surface area contributed by atoms with Gasteiger partial charge in [0, 0.05) is 18.4 Å². The van der Waals surface area contributed by atoms with Gasteiger partial charge in [0.05, 0.1) is 0 Å². The summed E-state index contributed by atoms with van der Waals surface area (Å²) < 4.78 is 0. The molecule has 2 heterocycles. The molecule has 0 atom stereocenters. The van der Waals surface area contributed by atoms with Gasteiger partial charge in [0.2, 0.25) is 0 Å². The summed E-state index contributed by atoms with van der Waals surface area (Å²) in [7, 11) is 0. The van der Waals surface area contributed by atoms with E-state index in [1.54, 1.807) is 0 Å². The normalized spacial score (nSPS) is 18.9. The third-order valence-electron chi connectivity index (χ3n) is 1.68. The van der Waals surface area contributed by atoms with Gasteiger partial charge in [-0.2, -0.15) is 0 Å². The lowest BCUT2D eigenvalue weighted by Gasteiger charge is -2.23. The number of allylic oxidation sites excluding steroid dienone is 5. The Kier molecular flexibility index (Phi) is 2.28. The molecule has 0 saturated heterocycles. The first-order valence-electron chi connectivity index (χ1n) is 3.45. The van der Waals surface area contributed by atoms with Crippen molar-refractivity contribution < 1.29 is 0 Å². The van der Waals surface area contributed by atoms with Gasteiger partial charge in [-0.05, 0) is 18.2 Å². The molecule has 0 aromatic carbocycles. The standard InChI is InChI=1S/C9H9N.H3N/c1-3-7-10-8-4-2-6-9(10)5-1;/h1-7H,8H2;1H3. The minimum absolute atomic E-state index is 0. The van der Waals surface area contributed by atoms with Gasteiger partial charge in [0.15, 0.2) is 0 Å². The molecular formula is C9H12N2. The van der Waals surface area contributed by atoms with E-state index in [1.165, 1.54) is 5.70 Å². The van der Waals surface area contributed by atoms with Gasteiger partial charge in [-0.3, -0.25) is 0 Å². The van der Waals surface area contributed by atoms with Crippen molar-refractivity contribution in [2.24, 2.45) is 0 Å². The van der Waals surface area contributed by atoms with Gasteiger partial charge in [-0.15, -0.1) is 0 Å². The molecule has 2 rings (SSSR count). The van der Waals surface area contributed by atoms with Crippen LogP contribution in [0.25, 0.3) is 0 Å². The van der Waals surface area contributed by atoms with E-state index in [1.807, 2.05) is 0 Å². The van der Waals surface area contributed by atoms with E-state index in [9.17, 15) is 0 Å². The molecule has 11 heavy (non-hydrogen) atoms. The van der Waals surface area contributed by atoms with Crippen molar-refractivity contribution >= 4 is 0 Å². The first kappa shape index (κ1) is 7.82. The Morgan fingerprint density at radius 2 is 2.09 bits per heavy atom. The van der Waals surface area contributed by atoms with Crippen LogP contribution in [0, 0.1) is 0 Å². The predicted molar refractivity (Wildman–Crippen MR) is 47.2 cm³/mol. The van der Waals surface area contributed by atoms with Crippen molar-refractivity contribution in [3.05, 3.63) is 48.4 Å². The van der Waals surface area contributed by atoms with Crippen molar-refractivity contribution in [2.45, 2.75) is 0 Å². The molecule has 58 valence electrons. The Balaban J connectivity index is 0.000000605. The second-order valence-corrected chi connectivity index (χ2v) is 2.37. The van der Waals surface area contributed by atoms with Crippen LogP contribution in [-0.4, -0.2) is 11.4 Å². The van der Waals surface area contributed by atoms with E-state index in [0.29, 0.717) is 0 Å². The quantitative estimate of drug-likeness (QED) is 0.570. The summed E-state index contributed by atoms with van der Waals surface area (Å²) in [6, 6.07) is 0. The Labute approximate surface area is 66.8 Å². The highest BCUT2D eigenvalue weighted by atomic mass is 15.1. The zero-order valence-corrected chi connectivity index (χ0v) is 6.40. The van der Waals surface area contributed by atoms with Gasteiger partial charge in [0.1, 0.15) is 0 Å². The minimum Gasteiger partial charge on any atom is -0.344 e. The highest BCUT2D eigenvalue weighted by Crippen LogP contribution is 2.14. The molecule has 0 aromatic rings. The molecule has 0 aromatic heterocycles. The second-order valence-electron chi connectivity index (χ2n) is 2.37. The average molecular weight is 148 g/mol. The maximum atomic E-state index is 2.21. The third-order valence-corrected chi connectivity index (χ3v) is 1.68. The fourth-order valence-corrected chi connectivity index (χ4v) is 1.15. The van der Waals surface area contributed by atoms with E-state index in [2.05, 4.69) is 47.6 Å². The van der Waals surface area contributed by atoms with Gasteiger partial charge < -0.3 is 11.1 Å². The molecule has 0 amide bonds. The zero-order valence-electron chi connectivity index (χ0n) is 6.40. The maximum Gasteiger partial charge on any atom is 0.0409 e. The van der Waals surface area contributed by atoms with Crippen LogP contribution < -0.4 is 6.15 Å². The molecule has 2 heteroatoms. The molecule has 2 aliphatic heterocycles. The highest BCUT2D eigenvalue weighted by molar-refractivity contribution is 5.33. The highest BCUT2D eigenvalue weighted by Gasteiger charge is 2.05. The lowest BCUT2D eigenvalue weighted by molar-refractivity contribution is 0.523. The lowest BCUT2D eigenvalue weighted by Crippen LogP contribution is -2.18. The Hall–Kier alpha value is -1.28. The van der Waals surface area contributed by atoms with Gasteiger partial charge in [-0.25, -0.2) is 0 Å². The topological polar surface area (TPSA) is 38.2 Å². The maximum absolute atomic E-state index is 2.21. The molecule has 2 aliphatic rings. The van der Waals surface area contributed by atoms with Gasteiger partial charge in [0.25, 0.3) is 0 Å². The van der Waals surface area contributed by atoms with Crippen LogP contribution in [0.1, 0.15) is 0 Å². The minimum atomic E-state index is 0. The van der Waals surface area contributed by atoms with Crippen LogP contribution in [0.5, 0.6) is 0 Å². The SMILES string of the molecule is C1=CCN2C=CC=CC2=C1.N. The smallest absolute Gasteiger partial charge is 0.0409 e. The molecule has 0 unspecified atom stereocenters. The molecule has 0 bridgehead atoms. The fraction of sp³-hybridized carbons (Fsp3) is 0.111. The van der Waals surface area contributed by atoms with E-state index >= 15 is 0 Å². The largest absolute Gasteiger partial charge is 0.344 e. The summed E-state index contributed by atoms with van der Waals surface area (Å²) >= 11 is 0. The Morgan fingerprint density at radius 3 is 2.91 bits per heavy atom. The second kappa shape index (κ2) is 3.21. The summed E-state index contributed by atoms with van der Waals surface area (Å²) in [5.41, 5.74) is 1.28. The van der Waals surface area contributed by atoms with Crippen LogP contribution in [0.2, 0.25) is 0 Å². The molecule has 3 N–H and O–H groups in total. The predicted octanol–water partition coefficient (Wildman–Crippen LogP) is 1.99. The van der Waals surface area contributed by atoms with Crippen LogP contribution in [-0.2, 0) is 0 Å². The molecule has 0 radical (unpaired) electrons. The van der Waals surface area contributed by atoms with Crippen molar-refractivity contribution in [2.75, 3.05) is 6.54 Å². The fourth-order valence-electron chi connectivity index (χ4n) is 1.15. The summed E-state index contributed by atoms with van der Waals surface area (Å²) in [5, 5.41) is 0. The number of rotatable bonds is 0. The number of fused-ring (bicyclic) bond motifs is 1. The van der Waals surface area contributed by atoms with Crippen LogP contribution in [0.4, 0.5) is 0 Å². The number of hydrogen-bond acceptors (Lipinski definition) is 2. The van der Waals surface area contributed by atoms with Gasteiger partial charge in [-0.1, -0.05) is 18.2 Å². The molecule has 2 nitrogen and oxygen atoms in total. The van der Waals surface area contributed by atoms with E-state index < -0.39 is 0 Å². The van der Waals surface area contributed by atoms with E-state index in [-0.39, 0.29) is 6.15 Å². The molecule has 0 fully saturated rings. The summed E-state index contributed by atoms with van der Waals surface area (Å²) in [6.45, 7) is 1.01. The number of nitrogens with zero attached hydrogens (tertiary/aromatic N) is 1. The van der Waals surface area contributed by atoms with E-state index in [4.69, 9.17) is 0 Å². The summed E-state index contributed by atoms with van der Waals surface area (Å²) in [6.07, 6.45) is 14.7. The third kappa shape index (κ3) is 1.41. The lowest BCUT2D eigenvalue weighted by atomic mass is 10.2. The van der Waals surface area contributed by atoms with Crippen molar-refractivity contribution in [1.82, 2.24) is 11.1 Å². The van der Waals surface area contributed by atoms with Crippen molar-refractivity contribution in [3.63, 3.8) is 0 Å². The summed E-state index contributed by atoms with van der Waals surface area (Å²) in [5.74, 6) is 0. The van der Waals surface area contributed by atoms with Crippen LogP contribution >= 0.6 is 0 Å². The van der Waals surface area contributed by atoms with Gasteiger partial charge >= 0.3 is 0 Å². The number of hydrogen-bond donors (Lipinski definition) is 1. The zero-order chi connectivity index (χ0) is 6.81. The first-order chi connectivity index (χ1) is 4.97. The average Bonchev–Trinajstić information content (AvgIpc) is 2.05. The molecule has 0 spiro atoms. The van der Waals surface area contributed by atoms with E-state index in [0.717, 1.165) is 6.54 Å². The Bertz CT molecular complexity index is 246. The van der Waals surface area contributed by atoms with Crippen molar-refractivity contribution in [3.8, 4) is 0 Å². The van der Waals surface area contributed by atoms with Crippen LogP contribution in [0.3, 0.4) is 0 Å². The molecule has 0 saturated carbocycles. The van der Waals surface area contributed by atoms with Crippen molar-refractivity contribution in [1.29, 1.82) is 0 Å². The Morgan fingerprint density at radius 1 is 1.18 bits per heavy atom. The molecular weight excluding hydrogens is 136 g/mol. The monoisotopic (exact) mass is 148 g/mol. The summed E-state index contributed by atoms with van der Waals surface area (Å²) in [4.78, 5) is 2.21. The van der Waals surface area contributed by atoms with Crippen LogP contribution in [0.15, 0.2) is 48.4 Å². The first-order valence-corrected chi connectivity index (χ1v) is 3.45.